The number of aromatic nitrogens is 2. The van der Waals surface area contributed by atoms with E-state index in [2.05, 4.69) is 15.3 Å². The molecule has 1 unspecified atom stereocenters. The second kappa shape index (κ2) is 6.52. The number of imidazole rings is 1. The third kappa shape index (κ3) is 3.34. The van der Waals surface area contributed by atoms with Crippen LogP contribution in [0.3, 0.4) is 0 Å². The highest BCUT2D eigenvalue weighted by Gasteiger charge is 2.14. The van der Waals surface area contributed by atoms with Gasteiger partial charge in [-0.15, -0.1) is 0 Å². The number of fused-ring (bicyclic) bond motifs is 1. The van der Waals surface area contributed by atoms with Crippen molar-refractivity contribution in [3.63, 3.8) is 0 Å². The summed E-state index contributed by atoms with van der Waals surface area (Å²) in [5, 5.41) is 2.95. The lowest BCUT2D eigenvalue weighted by molar-refractivity contribution is 0.0938. The van der Waals surface area contributed by atoms with Gasteiger partial charge in [-0.1, -0.05) is 12.1 Å². The van der Waals surface area contributed by atoms with Crippen LogP contribution in [0.5, 0.6) is 5.75 Å². The van der Waals surface area contributed by atoms with Crippen LogP contribution in [-0.2, 0) is 0 Å². The summed E-state index contributed by atoms with van der Waals surface area (Å²) in [6.45, 7) is 4.44. The molecule has 1 amide bonds. The van der Waals surface area contributed by atoms with Crippen LogP contribution in [0, 0.1) is 0 Å². The molecule has 118 valence electrons. The second-order valence-corrected chi connectivity index (χ2v) is 5.29. The molecule has 0 radical (unpaired) electrons. The van der Waals surface area contributed by atoms with Crippen LogP contribution in [0.1, 0.15) is 36.1 Å². The molecule has 1 heterocycles. The molecule has 0 spiro atoms. The molecule has 0 aliphatic heterocycles. The largest absolute Gasteiger partial charge is 0.494 e. The molecule has 0 aliphatic rings. The zero-order valence-corrected chi connectivity index (χ0v) is 13.2. The number of ether oxygens (including phenoxy) is 1. The highest BCUT2D eigenvalue weighted by molar-refractivity contribution is 5.94. The molecule has 3 aromatic rings. The van der Waals surface area contributed by atoms with Gasteiger partial charge in [0.15, 0.2) is 0 Å². The zero-order chi connectivity index (χ0) is 16.2. The molecular formula is C18H19N3O2. The SMILES string of the molecule is CCOc1ccc(C(=O)NC(C)c2nc3ccccc3[nH]2)cc1. The van der Waals surface area contributed by atoms with Crippen LogP contribution in [0.25, 0.3) is 11.0 Å². The number of amides is 1. The first-order valence-corrected chi connectivity index (χ1v) is 7.65. The number of carbonyl (C=O) groups excluding carboxylic acids is 1. The van der Waals surface area contributed by atoms with Gasteiger partial charge in [-0.3, -0.25) is 4.79 Å². The highest BCUT2D eigenvalue weighted by Crippen LogP contribution is 2.17. The first-order chi connectivity index (χ1) is 11.2. The van der Waals surface area contributed by atoms with Crippen molar-refractivity contribution in [2.45, 2.75) is 19.9 Å². The Labute approximate surface area is 134 Å². The maximum Gasteiger partial charge on any atom is 0.251 e. The zero-order valence-electron chi connectivity index (χ0n) is 13.2. The van der Waals surface area contributed by atoms with Gasteiger partial charge in [0, 0.05) is 5.56 Å². The Kier molecular flexibility index (Phi) is 4.28. The van der Waals surface area contributed by atoms with E-state index in [-0.39, 0.29) is 11.9 Å². The predicted molar refractivity (Wildman–Crippen MR) is 89.6 cm³/mol. The number of para-hydroxylation sites is 2. The van der Waals surface area contributed by atoms with Gasteiger partial charge >= 0.3 is 0 Å². The van der Waals surface area contributed by atoms with E-state index in [4.69, 9.17) is 4.74 Å². The Morgan fingerprint density at radius 1 is 1.22 bits per heavy atom. The molecule has 23 heavy (non-hydrogen) atoms. The minimum absolute atomic E-state index is 0.138. The van der Waals surface area contributed by atoms with Crippen molar-refractivity contribution in [1.29, 1.82) is 0 Å². The lowest BCUT2D eigenvalue weighted by atomic mass is 10.2. The van der Waals surface area contributed by atoms with Gasteiger partial charge in [0.1, 0.15) is 11.6 Å². The fraction of sp³-hybridized carbons (Fsp3) is 0.222. The van der Waals surface area contributed by atoms with Crippen LogP contribution < -0.4 is 10.1 Å². The van der Waals surface area contributed by atoms with Crippen LogP contribution >= 0.6 is 0 Å². The van der Waals surface area contributed by atoms with Gasteiger partial charge in [0.05, 0.1) is 23.7 Å². The summed E-state index contributed by atoms with van der Waals surface area (Å²) in [5.74, 6) is 1.36. The van der Waals surface area contributed by atoms with E-state index in [0.717, 1.165) is 22.6 Å². The Morgan fingerprint density at radius 3 is 2.65 bits per heavy atom. The number of nitrogens with zero attached hydrogens (tertiary/aromatic N) is 1. The van der Waals surface area contributed by atoms with Crippen molar-refractivity contribution in [1.82, 2.24) is 15.3 Å². The van der Waals surface area contributed by atoms with E-state index < -0.39 is 0 Å². The summed E-state index contributed by atoms with van der Waals surface area (Å²) in [7, 11) is 0. The first-order valence-electron chi connectivity index (χ1n) is 7.65. The lowest BCUT2D eigenvalue weighted by Gasteiger charge is -2.12. The van der Waals surface area contributed by atoms with Crippen molar-refractivity contribution in [3.8, 4) is 5.75 Å². The van der Waals surface area contributed by atoms with Crippen molar-refractivity contribution < 1.29 is 9.53 Å². The van der Waals surface area contributed by atoms with E-state index >= 15 is 0 Å². The summed E-state index contributed by atoms with van der Waals surface area (Å²) in [6.07, 6.45) is 0. The average Bonchev–Trinajstić information content (AvgIpc) is 3.00. The summed E-state index contributed by atoms with van der Waals surface area (Å²) in [4.78, 5) is 20.1. The molecule has 0 saturated carbocycles. The van der Waals surface area contributed by atoms with Crippen LogP contribution in [-0.4, -0.2) is 22.5 Å². The van der Waals surface area contributed by atoms with E-state index in [1.807, 2.05) is 38.1 Å². The minimum atomic E-state index is -0.207. The number of benzene rings is 2. The lowest BCUT2D eigenvalue weighted by Crippen LogP contribution is -2.27. The van der Waals surface area contributed by atoms with Crippen LogP contribution in [0.4, 0.5) is 0 Å². The molecule has 0 fully saturated rings. The number of aromatic amines is 1. The number of rotatable bonds is 5. The number of nitrogens with one attached hydrogen (secondary N) is 2. The molecule has 1 aromatic heterocycles. The second-order valence-electron chi connectivity index (χ2n) is 5.29. The molecule has 1 atom stereocenters. The number of H-pyrrole nitrogens is 1. The summed E-state index contributed by atoms with van der Waals surface area (Å²) in [6, 6.07) is 14.7. The van der Waals surface area contributed by atoms with Crippen LogP contribution in [0.2, 0.25) is 0 Å². The van der Waals surface area contributed by atoms with E-state index in [1.54, 1.807) is 24.3 Å². The summed E-state index contributed by atoms with van der Waals surface area (Å²) < 4.78 is 5.38. The Bertz CT molecular complexity index is 776. The van der Waals surface area contributed by atoms with Gasteiger partial charge in [0.25, 0.3) is 5.91 Å². The summed E-state index contributed by atoms with van der Waals surface area (Å²) in [5.41, 5.74) is 2.45. The fourth-order valence-electron chi connectivity index (χ4n) is 2.40. The molecule has 5 heteroatoms. The van der Waals surface area contributed by atoms with E-state index in [1.165, 1.54) is 0 Å². The number of carbonyl (C=O) groups is 1. The molecule has 5 nitrogen and oxygen atoms in total. The van der Waals surface area contributed by atoms with Gasteiger partial charge in [0.2, 0.25) is 0 Å². The van der Waals surface area contributed by atoms with Crippen molar-refractivity contribution in [2.24, 2.45) is 0 Å². The Balaban J connectivity index is 1.71. The molecule has 0 aliphatic carbocycles. The smallest absolute Gasteiger partial charge is 0.251 e. The highest BCUT2D eigenvalue weighted by atomic mass is 16.5. The third-order valence-corrected chi connectivity index (χ3v) is 3.59. The number of hydrogen-bond acceptors (Lipinski definition) is 3. The molecule has 0 bridgehead atoms. The van der Waals surface area contributed by atoms with Crippen molar-refractivity contribution in [2.75, 3.05) is 6.61 Å². The van der Waals surface area contributed by atoms with Gasteiger partial charge in [-0.05, 0) is 50.2 Å². The predicted octanol–water partition coefficient (Wildman–Crippen LogP) is 3.45. The van der Waals surface area contributed by atoms with E-state index in [9.17, 15) is 4.79 Å². The third-order valence-electron chi connectivity index (χ3n) is 3.59. The molecule has 2 aromatic carbocycles. The summed E-state index contributed by atoms with van der Waals surface area (Å²) >= 11 is 0. The topological polar surface area (TPSA) is 67.0 Å². The molecule has 0 saturated heterocycles. The van der Waals surface area contributed by atoms with E-state index in [0.29, 0.717) is 12.2 Å². The minimum Gasteiger partial charge on any atom is -0.494 e. The Hall–Kier alpha value is -2.82. The fourth-order valence-corrected chi connectivity index (χ4v) is 2.40. The standard InChI is InChI=1S/C18H19N3O2/c1-3-23-14-10-8-13(9-11-14)18(22)19-12(2)17-20-15-6-4-5-7-16(15)21-17/h4-12H,3H2,1-2H3,(H,19,22)(H,20,21). The maximum absolute atomic E-state index is 12.3. The van der Waals surface area contributed by atoms with Crippen molar-refractivity contribution >= 4 is 16.9 Å². The van der Waals surface area contributed by atoms with Gasteiger partial charge < -0.3 is 15.0 Å². The van der Waals surface area contributed by atoms with Gasteiger partial charge in [-0.2, -0.15) is 0 Å². The molecule has 3 rings (SSSR count). The van der Waals surface area contributed by atoms with Crippen LogP contribution in [0.15, 0.2) is 48.5 Å². The average molecular weight is 309 g/mol. The first kappa shape index (κ1) is 15.1. The molecule has 2 N–H and O–H groups in total. The Morgan fingerprint density at radius 2 is 1.96 bits per heavy atom. The molecular weight excluding hydrogens is 290 g/mol. The number of hydrogen-bond donors (Lipinski definition) is 2. The van der Waals surface area contributed by atoms with Gasteiger partial charge in [-0.25, -0.2) is 4.98 Å². The normalized spacial score (nSPS) is 12.1. The quantitative estimate of drug-likeness (QED) is 0.758. The maximum atomic E-state index is 12.3. The van der Waals surface area contributed by atoms with Crippen molar-refractivity contribution in [3.05, 3.63) is 59.9 Å². The monoisotopic (exact) mass is 309 g/mol.